The van der Waals surface area contributed by atoms with E-state index in [1.807, 2.05) is 0 Å². The van der Waals surface area contributed by atoms with E-state index in [1.54, 1.807) is 13.8 Å². The van der Waals surface area contributed by atoms with Crippen LogP contribution in [-0.2, 0) is 19.6 Å². The summed E-state index contributed by atoms with van der Waals surface area (Å²) < 4.78 is 36.8. The average Bonchev–Trinajstić information content (AvgIpc) is 3.10. The standard InChI is InChI=1S/C15H18N4O6S2/c1-8(2)12(20)16-14-17-18-15(26-14)27(22,23)19-10-7-9(13(21)25-4)5-6-11(10)24-3/h5-8,19H,1-4H3,(H,16,17,20). The number of ether oxygens (including phenoxy) is 2. The maximum Gasteiger partial charge on any atom is 0.337 e. The van der Waals surface area contributed by atoms with Crippen molar-refractivity contribution >= 4 is 44.1 Å². The number of hydrogen-bond donors (Lipinski definition) is 2. The summed E-state index contributed by atoms with van der Waals surface area (Å²) in [5, 5.41) is 9.80. The van der Waals surface area contributed by atoms with E-state index in [-0.39, 0.29) is 38.3 Å². The van der Waals surface area contributed by atoms with E-state index in [1.165, 1.54) is 32.4 Å². The molecule has 27 heavy (non-hydrogen) atoms. The number of carbonyl (C=O) groups excluding carboxylic acids is 2. The molecule has 0 atom stereocenters. The van der Waals surface area contributed by atoms with Gasteiger partial charge in [0, 0.05) is 5.92 Å². The lowest BCUT2D eigenvalue weighted by atomic mass is 10.2. The van der Waals surface area contributed by atoms with E-state index >= 15 is 0 Å². The fraction of sp³-hybridized carbons (Fsp3) is 0.333. The maximum atomic E-state index is 12.6. The zero-order valence-electron chi connectivity index (χ0n) is 15.0. The molecule has 12 heteroatoms. The molecular formula is C15H18N4O6S2. The molecule has 0 saturated heterocycles. The van der Waals surface area contributed by atoms with Crippen LogP contribution >= 0.6 is 11.3 Å². The number of nitrogens with zero attached hydrogens (tertiary/aromatic N) is 2. The molecule has 1 amide bonds. The lowest BCUT2D eigenvalue weighted by molar-refractivity contribution is -0.118. The molecule has 0 aliphatic heterocycles. The first-order valence-electron chi connectivity index (χ1n) is 7.61. The quantitative estimate of drug-likeness (QED) is 0.516. The summed E-state index contributed by atoms with van der Waals surface area (Å²) in [5.41, 5.74) is 0.168. The molecule has 10 nitrogen and oxygen atoms in total. The van der Waals surface area contributed by atoms with Gasteiger partial charge in [-0.05, 0) is 18.2 Å². The minimum atomic E-state index is -4.12. The fourth-order valence-corrected chi connectivity index (χ4v) is 3.81. The predicted molar refractivity (Wildman–Crippen MR) is 98.5 cm³/mol. The van der Waals surface area contributed by atoms with Crippen molar-refractivity contribution in [3.05, 3.63) is 23.8 Å². The SMILES string of the molecule is COC(=O)c1ccc(OC)c(NS(=O)(=O)c2nnc(NC(=O)C(C)C)s2)c1. The van der Waals surface area contributed by atoms with Crippen LogP contribution in [-0.4, -0.2) is 44.7 Å². The van der Waals surface area contributed by atoms with Crippen LogP contribution in [0, 0.1) is 5.92 Å². The number of nitrogens with one attached hydrogen (secondary N) is 2. The predicted octanol–water partition coefficient (Wildman–Crippen LogP) is 1.73. The lowest BCUT2D eigenvalue weighted by Crippen LogP contribution is -2.17. The monoisotopic (exact) mass is 414 g/mol. The molecule has 2 N–H and O–H groups in total. The van der Waals surface area contributed by atoms with Gasteiger partial charge in [0.05, 0.1) is 25.5 Å². The van der Waals surface area contributed by atoms with Crippen LogP contribution < -0.4 is 14.8 Å². The van der Waals surface area contributed by atoms with Gasteiger partial charge in [-0.2, -0.15) is 8.42 Å². The van der Waals surface area contributed by atoms with E-state index in [9.17, 15) is 18.0 Å². The molecule has 0 saturated carbocycles. The summed E-state index contributed by atoms with van der Waals surface area (Å²) in [6.45, 7) is 3.38. The summed E-state index contributed by atoms with van der Waals surface area (Å²) >= 11 is 0.696. The third kappa shape index (κ3) is 4.92. The second-order valence-electron chi connectivity index (χ2n) is 5.53. The van der Waals surface area contributed by atoms with Crippen LogP contribution in [0.3, 0.4) is 0 Å². The van der Waals surface area contributed by atoms with Gasteiger partial charge in [0.1, 0.15) is 5.75 Å². The van der Waals surface area contributed by atoms with Crippen molar-refractivity contribution in [3.8, 4) is 5.75 Å². The van der Waals surface area contributed by atoms with Crippen LogP contribution in [0.4, 0.5) is 10.8 Å². The molecular weight excluding hydrogens is 396 g/mol. The van der Waals surface area contributed by atoms with Gasteiger partial charge in [-0.25, -0.2) is 4.79 Å². The number of esters is 1. The van der Waals surface area contributed by atoms with E-state index in [0.29, 0.717) is 11.3 Å². The van der Waals surface area contributed by atoms with Crippen molar-refractivity contribution in [3.63, 3.8) is 0 Å². The third-order valence-electron chi connectivity index (χ3n) is 3.26. The van der Waals surface area contributed by atoms with E-state index < -0.39 is 16.0 Å². The molecule has 2 rings (SSSR count). The summed E-state index contributed by atoms with van der Waals surface area (Å²) in [6, 6.07) is 4.15. The number of hydrogen-bond acceptors (Lipinski definition) is 9. The largest absolute Gasteiger partial charge is 0.495 e. The second kappa shape index (κ2) is 8.31. The summed E-state index contributed by atoms with van der Waals surface area (Å²) in [4.78, 5) is 23.3. The van der Waals surface area contributed by atoms with E-state index in [4.69, 9.17) is 4.74 Å². The van der Waals surface area contributed by atoms with Gasteiger partial charge in [0.15, 0.2) is 0 Å². The van der Waals surface area contributed by atoms with Crippen LogP contribution in [0.25, 0.3) is 0 Å². The first-order valence-corrected chi connectivity index (χ1v) is 9.91. The normalized spacial score (nSPS) is 11.1. The Labute approximate surface area is 160 Å². The number of methoxy groups -OCH3 is 2. The highest BCUT2D eigenvalue weighted by Crippen LogP contribution is 2.29. The summed E-state index contributed by atoms with van der Waals surface area (Å²) in [5.74, 6) is -1.04. The van der Waals surface area contributed by atoms with Crippen LogP contribution in [0.2, 0.25) is 0 Å². The second-order valence-corrected chi connectivity index (χ2v) is 8.36. The highest BCUT2D eigenvalue weighted by molar-refractivity contribution is 7.94. The van der Waals surface area contributed by atoms with Crippen molar-refractivity contribution < 1.29 is 27.5 Å². The van der Waals surface area contributed by atoms with Crippen molar-refractivity contribution in [2.24, 2.45) is 5.92 Å². The molecule has 0 unspecified atom stereocenters. The Balaban J connectivity index is 2.29. The molecule has 146 valence electrons. The van der Waals surface area contributed by atoms with Crippen LogP contribution in [0.1, 0.15) is 24.2 Å². The molecule has 0 aliphatic carbocycles. The van der Waals surface area contributed by atoms with Gasteiger partial charge in [0.2, 0.25) is 11.0 Å². The summed E-state index contributed by atoms with van der Waals surface area (Å²) in [6.07, 6.45) is 0. The topological polar surface area (TPSA) is 137 Å². The van der Waals surface area contributed by atoms with E-state index in [0.717, 1.165) is 0 Å². The van der Waals surface area contributed by atoms with Gasteiger partial charge in [-0.3, -0.25) is 9.52 Å². The highest BCUT2D eigenvalue weighted by atomic mass is 32.2. The van der Waals surface area contributed by atoms with Crippen LogP contribution in [0.15, 0.2) is 22.5 Å². The Morgan fingerprint density at radius 2 is 1.89 bits per heavy atom. The minimum absolute atomic E-state index is 0.0309. The first-order chi connectivity index (χ1) is 12.7. The Morgan fingerprint density at radius 1 is 1.19 bits per heavy atom. The molecule has 0 aliphatic rings. The zero-order chi connectivity index (χ0) is 20.2. The van der Waals surface area contributed by atoms with Crippen molar-refractivity contribution in [1.82, 2.24) is 10.2 Å². The Kier molecular flexibility index (Phi) is 6.33. The smallest absolute Gasteiger partial charge is 0.337 e. The Hall–Kier alpha value is -2.73. The Bertz CT molecular complexity index is 955. The molecule has 1 aromatic heterocycles. The van der Waals surface area contributed by atoms with Crippen LogP contribution in [0.5, 0.6) is 5.75 Å². The number of aromatic nitrogens is 2. The number of carbonyl (C=O) groups is 2. The van der Waals surface area contributed by atoms with Gasteiger partial charge < -0.3 is 14.8 Å². The fourth-order valence-electron chi connectivity index (χ4n) is 1.84. The number of amides is 1. The number of anilines is 2. The van der Waals surface area contributed by atoms with E-state index in [2.05, 4.69) is 25.0 Å². The van der Waals surface area contributed by atoms with Gasteiger partial charge in [-0.15, -0.1) is 10.2 Å². The molecule has 0 fully saturated rings. The summed E-state index contributed by atoms with van der Waals surface area (Å²) in [7, 11) is -1.55. The van der Waals surface area contributed by atoms with Gasteiger partial charge in [0.25, 0.3) is 14.4 Å². The molecule has 2 aromatic rings. The first kappa shape index (κ1) is 20.6. The Morgan fingerprint density at radius 3 is 2.48 bits per heavy atom. The van der Waals surface area contributed by atoms with Crippen molar-refractivity contribution in [2.75, 3.05) is 24.3 Å². The molecule has 1 aromatic carbocycles. The molecule has 0 radical (unpaired) electrons. The highest BCUT2D eigenvalue weighted by Gasteiger charge is 2.23. The maximum absolute atomic E-state index is 12.6. The lowest BCUT2D eigenvalue weighted by Gasteiger charge is -2.11. The van der Waals surface area contributed by atoms with Gasteiger partial charge >= 0.3 is 5.97 Å². The molecule has 0 spiro atoms. The minimum Gasteiger partial charge on any atom is -0.495 e. The molecule has 1 heterocycles. The van der Waals surface area contributed by atoms with Crippen molar-refractivity contribution in [2.45, 2.75) is 18.2 Å². The number of benzene rings is 1. The average molecular weight is 414 g/mol. The van der Waals surface area contributed by atoms with Crippen molar-refractivity contribution in [1.29, 1.82) is 0 Å². The number of rotatable bonds is 7. The third-order valence-corrected chi connectivity index (χ3v) is 5.83. The number of sulfonamides is 1. The molecule has 0 bridgehead atoms. The zero-order valence-corrected chi connectivity index (χ0v) is 16.6. The van der Waals surface area contributed by atoms with Gasteiger partial charge in [-0.1, -0.05) is 25.2 Å².